The van der Waals surface area contributed by atoms with Crippen LogP contribution in [0.4, 0.5) is 0 Å². The summed E-state index contributed by atoms with van der Waals surface area (Å²) in [5.74, 6) is 0.0163. The van der Waals surface area contributed by atoms with Gasteiger partial charge in [0.25, 0.3) is 0 Å². The van der Waals surface area contributed by atoms with Gasteiger partial charge in [0.05, 0.1) is 6.10 Å². The van der Waals surface area contributed by atoms with Crippen molar-refractivity contribution >= 4 is 16.7 Å². The second-order valence-electron chi connectivity index (χ2n) is 5.87. The van der Waals surface area contributed by atoms with Gasteiger partial charge in [0.1, 0.15) is 5.78 Å². The van der Waals surface area contributed by atoms with E-state index in [-0.39, 0.29) is 17.6 Å². The lowest BCUT2D eigenvalue weighted by atomic mass is 9.76. The molecule has 2 bridgehead atoms. The third kappa shape index (κ3) is 1.34. The van der Waals surface area contributed by atoms with E-state index in [0.29, 0.717) is 0 Å². The highest BCUT2D eigenvalue weighted by Gasteiger charge is 2.41. The molecule has 3 nitrogen and oxygen atoms in total. The van der Waals surface area contributed by atoms with E-state index in [1.165, 1.54) is 0 Å². The van der Waals surface area contributed by atoms with Crippen molar-refractivity contribution in [3.05, 3.63) is 35.5 Å². The molecule has 98 valence electrons. The van der Waals surface area contributed by atoms with Crippen molar-refractivity contribution in [2.24, 2.45) is 13.0 Å². The number of hydrogen-bond donors (Lipinski definition) is 1. The molecule has 3 atom stereocenters. The van der Waals surface area contributed by atoms with E-state index in [2.05, 4.69) is 16.7 Å². The van der Waals surface area contributed by atoms with Gasteiger partial charge < -0.3 is 9.67 Å². The van der Waals surface area contributed by atoms with Crippen molar-refractivity contribution in [2.75, 3.05) is 0 Å². The Morgan fingerprint density at radius 3 is 2.95 bits per heavy atom. The highest BCUT2D eigenvalue weighted by atomic mass is 16.3. The molecule has 1 unspecified atom stereocenters. The Kier molecular flexibility index (Phi) is 2.19. The highest BCUT2D eigenvalue weighted by molar-refractivity contribution is 5.99. The molecule has 1 aromatic heterocycles. The number of aliphatic hydroxyl groups is 1. The lowest BCUT2D eigenvalue weighted by Gasteiger charge is -2.28. The van der Waals surface area contributed by atoms with Crippen molar-refractivity contribution in [3.8, 4) is 0 Å². The second kappa shape index (κ2) is 3.70. The first-order valence-electron chi connectivity index (χ1n) is 6.98. The highest BCUT2D eigenvalue weighted by Crippen LogP contribution is 2.47. The minimum Gasteiger partial charge on any atom is -0.388 e. The average Bonchev–Trinajstić information content (AvgIpc) is 2.75. The Morgan fingerprint density at radius 2 is 2.11 bits per heavy atom. The molecule has 0 aliphatic heterocycles. The lowest BCUT2D eigenvalue weighted by molar-refractivity contribution is -0.130. The van der Waals surface area contributed by atoms with Crippen LogP contribution in [0.25, 0.3) is 10.9 Å². The van der Waals surface area contributed by atoms with E-state index >= 15 is 0 Å². The van der Waals surface area contributed by atoms with Crippen LogP contribution in [0.3, 0.4) is 0 Å². The van der Waals surface area contributed by atoms with Gasteiger partial charge in [-0.3, -0.25) is 4.79 Å². The summed E-state index contributed by atoms with van der Waals surface area (Å²) in [5.41, 5.74) is 3.18. The molecule has 0 saturated heterocycles. The number of carbonyl (C=O) groups is 1. The van der Waals surface area contributed by atoms with Gasteiger partial charge in [0.2, 0.25) is 0 Å². The van der Waals surface area contributed by atoms with Gasteiger partial charge in [0, 0.05) is 41.5 Å². The molecular formula is C16H17NO2. The predicted octanol–water partition coefficient (Wildman–Crippen LogP) is 2.68. The third-order valence-electron chi connectivity index (χ3n) is 4.87. The summed E-state index contributed by atoms with van der Waals surface area (Å²) in [7, 11) is 2.00. The molecule has 4 rings (SSSR count). The van der Waals surface area contributed by atoms with Crippen LogP contribution in [0.5, 0.6) is 0 Å². The number of benzene rings is 1. The summed E-state index contributed by atoms with van der Waals surface area (Å²) in [6.07, 6.45) is 4.14. The maximum absolute atomic E-state index is 12.6. The summed E-state index contributed by atoms with van der Waals surface area (Å²) >= 11 is 0. The standard InChI is InChI=1S/C16H17NO2/c1-17-8-12-14-9(4-3-7-13(14)17)10-5-2-6-11(15(10)18)16(12)19/h3-4,7-8,10-11,16,19H,2,5-6H2,1H3/t10-,11-,16?/m0/s1. The van der Waals surface area contributed by atoms with E-state index in [0.717, 1.165) is 41.3 Å². The number of aromatic nitrogens is 1. The van der Waals surface area contributed by atoms with Gasteiger partial charge in [-0.05, 0) is 24.5 Å². The molecule has 1 N–H and O–H groups in total. The van der Waals surface area contributed by atoms with Gasteiger partial charge in [-0.1, -0.05) is 18.6 Å². The van der Waals surface area contributed by atoms with E-state index in [1.807, 2.05) is 19.3 Å². The molecule has 1 fully saturated rings. The molecule has 0 amide bonds. The van der Waals surface area contributed by atoms with Crippen molar-refractivity contribution in [2.45, 2.75) is 31.3 Å². The van der Waals surface area contributed by atoms with Crippen molar-refractivity contribution in [1.29, 1.82) is 0 Å². The zero-order chi connectivity index (χ0) is 13.1. The fraction of sp³-hybridized carbons (Fsp3) is 0.438. The summed E-state index contributed by atoms with van der Waals surface area (Å²) in [6, 6.07) is 6.15. The number of fused-ring (bicyclic) bond motifs is 3. The quantitative estimate of drug-likeness (QED) is 0.786. The first-order valence-corrected chi connectivity index (χ1v) is 6.98. The van der Waals surface area contributed by atoms with Gasteiger partial charge in [-0.15, -0.1) is 0 Å². The van der Waals surface area contributed by atoms with Gasteiger partial charge in [-0.2, -0.15) is 0 Å². The van der Waals surface area contributed by atoms with Crippen molar-refractivity contribution in [3.63, 3.8) is 0 Å². The number of aryl methyl sites for hydroxylation is 1. The maximum Gasteiger partial charge on any atom is 0.146 e. The Labute approximate surface area is 111 Å². The van der Waals surface area contributed by atoms with Crippen LogP contribution in [0, 0.1) is 5.92 Å². The number of ketones is 1. The molecule has 0 spiro atoms. The van der Waals surface area contributed by atoms with Crippen LogP contribution in [-0.4, -0.2) is 15.5 Å². The average molecular weight is 255 g/mol. The maximum atomic E-state index is 12.6. The fourth-order valence-electron chi connectivity index (χ4n) is 3.95. The number of rotatable bonds is 0. The van der Waals surface area contributed by atoms with E-state index < -0.39 is 6.10 Å². The van der Waals surface area contributed by atoms with Gasteiger partial charge in [0.15, 0.2) is 0 Å². The monoisotopic (exact) mass is 255 g/mol. The number of aliphatic hydroxyl groups excluding tert-OH is 1. The summed E-state index contributed by atoms with van der Waals surface area (Å²) in [6.45, 7) is 0. The minimum atomic E-state index is -0.636. The van der Waals surface area contributed by atoms with Crippen LogP contribution in [0.15, 0.2) is 24.4 Å². The molecule has 2 aliphatic carbocycles. The molecule has 2 aliphatic rings. The number of Topliss-reactive ketones (excluding diaryl/α,β-unsaturated/α-hetero) is 1. The number of nitrogens with zero attached hydrogens (tertiary/aromatic N) is 1. The zero-order valence-electron chi connectivity index (χ0n) is 11.0. The van der Waals surface area contributed by atoms with Crippen LogP contribution in [-0.2, 0) is 11.8 Å². The molecule has 1 heterocycles. The van der Waals surface area contributed by atoms with Crippen molar-refractivity contribution < 1.29 is 9.90 Å². The second-order valence-corrected chi connectivity index (χ2v) is 5.87. The molecule has 2 aromatic rings. The zero-order valence-corrected chi connectivity index (χ0v) is 11.0. The molecule has 3 heteroatoms. The predicted molar refractivity (Wildman–Crippen MR) is 73.0 cm³/mol. The van der Waals surface area contributed by atoms with E-state index in [9.17, 15) is 9.90 Å². The van der Waals surface area contributed by atoms with Crippen molar-refractivity contribution in [1.82, 2.24) is 4.57 Å². The topological polar surface area (TPSA) is 42.2 Å². The largest absolute Gasteiger partial charge is 0.388 e. The van der Waals surface area contributed by atoms with Gasteiger partial charge >= 0.3 is 0 Å². The Bertz CT molecular complexity index is 685. The SMILES string of the molecule is Cn1cc2c3c(cccc31)[C@@H]1CCC[C@@H](C1=O)C2O. The molecular weight excluding hydrogens is 238 g/mol. The summed E-state index contributed by atoms with van der Waals surface area (Å²) in [5, 5.41) is 11.7. The first kappa shape index (κ1) is 11.2. The lowest BCUT2D eigenvalue weighted by Crippen LogP contribution is -2.29. The van der Waals surface area contributed by atoms with Crippen LogP contribution in [0.2, 0.25) is 0 Å². The minimum absolute atomic E-state index is 0.0132. The Hall–Kier alpha value is -1.61. The summed E-state index contributed by atoms with van der Waals surface area (Å²) in [4.78, 5) is 12.6. The molecule has 1 saturated carbocycles. The number of hydrogen-bond acceptors (Lipinski definition) is 2. The normalized spacial score (nSPS) is 29.6. The smallest absolute Gasteiger partial charge is 0.146 e. The Morgan fingerprint density at radius 1 is 1.26 bits per heavy atom. The van der Waals surface area contributed by atoms with E-state index in [1.54, 1.807) is 0 Å². The molecule has 19 heavy (non-hydrogen) atoms. The van der Waals surface area contributed by atoms with E-state index in [4.69, 9.17) is 0 Å². The summed E-state index contributed by atoms with van der Waals surface area (Å²) < 4.78 is 2.06. The van der Waals surface area contributed by atoms with Crippen LogP contribution in [0.1, 0.15) is 42.4 Å². The fourth-order valence-corrected chi connectivity index (χ4v) is 3.95. The number of carbonyl (C=O) groups excluding carboxylic acids is 1. The molecule has 0 radical (unpaired) electrons. The van der Waals surface area contributed by atoms with Crippen LogP contribution < -0.4 is 0 Å². The molecule has 1 aromatic carbocycles. The Balaban J connectivity index is 2.11. The van der Waals surface area contributed by atoms with Gasteiger partial charge in [-0.25, -0.2) is 0 Å². The first-order chi connectivity index (χ1) is 9.18. The van der Waals surface area contributed by atoms with Crippen LogP contribution >= 0.6 is 0 Å². The third-order valence-corrected chi connectivity index (χ3v) is 4.87.